The molecule has 1 saturated carbocycles. The summed E-state index contributed by atoms with van der Waals surface area (Å²) in [6.07, 6.45) is 6.10. The molecule has 3 heterocycles. The Bertz CT molecular complexity index is 710. The molecule has 7 nitrogen and oxygen atoms in total. The number of nitrogens with zero attached hydrogens (tertiary/aromatic N) is 5. The Balaban J connectivity index is 1.56. The Kier molecular flexibility index (Phi) is 3.52. The van der Waals surface area contributed by atoms with E-state index < -0.39 is 0 Å². The summed E-state index contributed by atoms with van der Waals surface area (Å²) in [5, 5.41) is 4.10. The number of piperidine rings is 1. The van der Waals surface area contributed by atoms with Crippen molar-refractivity contribution in [2.24, 2.45) is 0 Å². The summed E-state index contributed by atoms with van der Waals surface area (Å²) in [7, 11) is 2.15. The summed E-state index contributed by atoms with van der Waals surface area (Å²) < 4.78 is 5.50. The van der Waals surface area contributed by atoms with E-state index in [0.717, 1.165) is 38.1 Å². The monoisotopic (exact) mass is 314 g/mol. The van der Waals surface area contributed by atoms with Crippen molar-refractivity contribution in [3.8, 4) is 11.4 Å². The summed E-state index contributed by atoms with van der Waals surface area (Å²) in [4.78, 5) is 15.7. The maximum atomic E-state index is 6.07. The van der Waals surface area contributed by atoms with Crippen molar-refractivity contribution in [1.29, 1.82) is 0 Å². The molecule has 0 spiro atoms. The van der Waals surface area contributed by atoms with Gasteiger partial charge in [0.25, 0.3) is 0 Å². The number of rotatable bonds is 3. The second kappa shape index (κ2) is 5.56. The van der Waals surface area contributed by atoms with Gasteiger partial charge >= 0.3 is 0 Å². The van der Waals surface area contributed by atoms with Gasteiger partial charge in [0.1, 0.15) is 11.6 Å². The van der Waals surface area contributed by atoms with E-state index in [9.17, 15) is 0 Å². The quantitative estimate of drug-likeness (QED) is 0.927. The van der Waals surface area contributed by atoms with Crippen LogP contribution in [0.2, 0.25) is 0 Å². The van der Waals surface area contributed by atoms with Crippen molar-refractivity contribution in [3.05, 3.63) is 17.9 Å². The lowest BCUT2D eigenvalue weighted by atomic mass is 9.92. The highest BCUT2D eigenvalue weighted by molar-refractivity contribution is 5.66. The molecule has 2 N–H and O–H groups in total. The van der Waals surface area contributed by atoms with Crippen LogP contribution in [0.15, 0.2) is 10.7 Å². The van der Waals surface area contributed by atoms with Gasteiger partial charge in [0.2, 0.25) is 11.7 Å². The zero-order valence-electron chi connectivity index (χ0n) is 13.6. The minimum atomic E-state index is 0.315. The minimum absolute atomic E-state index is 0.315. The molecule has 1 saturated heterocycles. The topological polar surface area (TPSA) is 94.0 Å². The third kappa shape index (κ3) is 2.81. The fourth-order valence-electron chi connectivity index (χ4n) is 3.14. The third-order valence-electron chi connectivity index (χ3n) is 5.02. The maximum absolute atomic E-state index is 6.07. The molecule has 0 amide bonds. The highest BCUT2D eigenvalue weighted by Gasteiger charge is 2.30. The Morgan fingerprint density at radius 3 is 2.74 bits per heavy atom. The van der Waals surface area contributed by atoms with Gasteiger partial charge in [-0.15, -0.1) is 0 Å². The van der Waals surface area contributed by atoms with Crippen LogP contribution in [0.1, 0.15) is 56.2 Å². The van der Waals surface area contributed by atoms with Crippen LogP contribution >= 0.6 is 0 Å². The number of anilines is 1. The summed E-state index contributed by atoms with van der Waals surface area (Å²) in [5.41, 5.74) is 6.73. The average molecular weight is 314 g/mol. The number of likely N-dealkylation sites (tertiary alicyclic amines) is 1. The smallest absolute Gasteiger partial charge is 0.230 e. The molecule has 1 aliphatic carbocycles. The van der Waals surface area contributed by atoms with Gasteiger partial charge < -0.3 is 15.2 Å². The first-order valence-corrected chi connectivity index (χ1v) is 8.28. The molecule has 0 radical (unpaired) electrons. The summed E-state index contributed by atoms with van der Waals surface area (Å²) in [5.74, 6) is 3.25. The van der Waals surface area contributed by atoms with E-state index in [1.54, 1.807) is 6.20 Å². The molecule has 2 atom stereocenters. The fraction of sp³-hybridized carbons (Fsp3) is 0.625. The van der Waals surface area contributed by atoms with Crippen LogP contribution in [0.4, 0.5) is 5.82 Å². The van der Waals surface area contributed by atoms with Crippen molar-refractivity contribution in [2.75, 3.05) is 19.3 Å². The van der Waals surface area contributed by atoms with Gasteiger partial charge in [0.15, 0.2) is 0 Å². The van der Waals surface area contributed by atoms with Crippen molar-refractivity contribution in [2.45, 2.75) is 50.5 Å². The molecule has 23 heavy (non-hydrogen) atoms. The van der Waals surface area contributed by atoms with E-state index >= 15 is 0 Å². The molecule has 2 aliphatic rings. The summed E-state index contributed by atoms with van der Waals surface area (Å²) in [6.45, 7) is 3.27. The van der Waals surface area contributed by atoms with Crippen molar-refractivity contribution >= 4 is 5.82 Å². The first-order chi connectivity index (χ1) is 11.1. The lowest BCUT2D eigenvalue weighted by Gasteiger charge is -2.33. The SMILES string of the molecule is C[C@H]1C[C@@H](c2nc(-c3cnc(C4CC4)nc3N)no2)CCN1C. The van der Waals surface area contributed by atoms with Crippen LogP contribution in [0.3, 0.4) is 0 Å². The Morgan fingerprint density at radius 2 is 2.04 bits per heavy atom. The molecule has 0 aromatic carbocycles. The molecule has 2 aromatic rings. The van der Waals surface area contributed by atoms with E-state index in [1.165, 1.54) is 0 Å². The van der Waals surface area contributed by atoms with Crippen LogP contribution in [-0.2, 0) is 0 Å². The zero-order valence-corrected chi connectivity index (χ0v) is 13.6. The van der Waals surface area contributed by atoms with Crippen molar-refractivity contribution in [1.82, 2.24) is 25.0 Å². The molecule has 0 bridgehead atoms. The molecule has 0 unspecified atom stereocenters. The lowest BCUT2D eigenvalue weighted by molar-refractivity contribution is 0.166. The first-order valence-electron chi connectivity index (χ1n) is 8.28. The van der Waals surface area contributed by atoms with Gasteiger partial charge in [-0.1, -0.05) is 5.16 Å². The van der Waals surface area contributed by atoms with Gasteiger partial charge in [-0.25, -0.2) is 9.97 Å². The number of nitrogen functional groups attached to an aromatic ring is 1. The van der Waals surface area contributed by atoms with Crippen molar-refractivity contribution < 1.29 is 4.52 Å². The van der Waals surface area contributed by atoms with Crippen LogP contribution in [-0.4, -0.2) is 44.6 Å². The van der Waals surface area contributed by atoms with Crippen LogP contribution in [0.25, 0.3) is 11.4 Å². The fourth-order valence-corrected chi connectivity index (χ4v) is 3.14. The summed E-state index contributed by atoms with van der Waals surface area (Å²) in [6, 6.07) is 0.523. The molecule has 122 valence electrons. The van der Waals surface area contributed by atoms with Gasteiger partial charge in [0, 0.05) is 24.1 Å². The Morgan fingerprint density at radius 1 is 1.22 bits per heavy atom. The van der Waals surface area contributed by atoms with E-state index in [-0.39, 0.29) is 0 Å². The zero-order chi connectivity index (χ0) is 16.0. The molecule has 2 aromatic heterocycles. The number of hydrogen-bond acceptors (Lipinski definition) is 7. The molecular formula is C16H22N6O. The van der Waals surface area contributed by atoms with Crippen molar-refractivity contribution in [3.63, 3.8) is 0 Å². The van der Waals surface area contributed by atoms with Crippen LogP contribution < -0.4 is 5.73 Å². The predicted octanol–water partition coefficient (Wildman–Crippen LogP) is 2.18. The molecule has 1 aliphatic heterocycles. The lowest BCUT2D eigenvalue weighted by Crippen LogP contribution is -2.36. The van der Waals surface area contributed by atoms with E-state index in [1.807, 2.05) is 0 Å². The Hall–Kier alpha value is -2.02. The van der Waals surface area contributed by atoms with Gasteiger partial charge in [-0.3, -0.25) is 0 Å². The number of aromatic nitrogens is 4. The van der Waals surface area contributed by atoms with E-state index in [0.29, 0.717) is 41.0 Å². The number of nitrogens with two attached hydrogens (primary N) is 1. The molecule has 7 heteroatoms. The standard InChI is InChI=1S/C16H22N6O/c1-9-7-11(5-6-22(9)2)16-20-15(21-23-16)12-8-18-14(10-3-4-10)19-13(12)17/h8-11H,3-7H2,1-2H3,(H2,17,18,19)/t9-,11-/m0/s1. The van der Waals surface area contributed by atoms with Gasteiger partial charge in [0.05, 0.1) is 5.56 Å². The summed E-state index contributed by atoms with van der Waals surface area (Å²) >= 11 is 0. The highest BCUT2D eigenvalue weighted by atomic mass is 16.5. The maximum Gasteiger partial charge on any atom is 0.230 e. The van der Waals surface area contributed by atoms with Crippen LogP contribution in [0.5, 0.6) is 0 Å². The van der Waals surface area contributed by atoms with Gasteiger partial charge in [-0.2, -0.15) is 4.98 Å². The second-order valence-corrected chi connectivity index (χ2v) is 6.81. The second-order valence-electron chi connectivity index (χ2n) is 6.81. The minimum Gasteiger partial charge on any atom is -0.383 e. The largest absolute Gasteiger partial charge is 0.383 e. The average Bonchev–Trinajstić information content (AvgIpc) is 3.28. The first kappa shape index (κ1) is 14.6. The number of hydrogen-bond donors (Lipinski definition) is 1. The predicted molar refractivity (Wildman–Crippen MR) is 85.8 cm³/mol. The third-order valence-corrected chi connectivity index (χ3v) is 5.02. The van der Waals surface area contributed by atoms with E-state index in [4.69, 9.17) is 10.3 Å². The van der Waals surface area contributed by atoms with Gasteiger partial charge in [-0.05, 0) is 46.2 Å². The molecular weight excluding hydrogens is 292 g/mol. The Labute approximate surface area is 135 Å². The van der Waals surface area contributed by atoms with E-state index in [2.05, 4.69) is 39.0 Å². The molecule has 4 rings (SSSR count). The van der Waals surface area contributed by atoms with Crippen LogP contribution in [0, 0.1) is 0 Å². The molecule has 2 fully saturated rings. The highest BCUT2D eigenvalue weighted by Crippen LogP contribution is 2.39. The normalized spacial score (nSPS) is 25.7.